The zero-order valence-corrected chi connectivity index (χ0v) is 15.0. The maximum Gasteiger partial charge on any atom is 0.405 e. The topological polar surface area (TPSA) is 72.5 Å². The fraction of sp³-hybridized carbons (Fsp3) is 0.133. The van der Waals surface area contributed by atoms with Gasteiger partial charge in [0.15, 0.2) is 5.75 Å². The summed E-state index contributed by atoms with van der Waals surface area (Å²) in [7, 11) is -4.29. The number of hydrogen-bond donors (Lipinski definition) is 1. The summed E-state index contributed by atoms with van der Waals surface area (Å²) < 4.78 is 65.6. The van der Waals surface area contributed by atoms with Crippen molar-refractivity contribution in [3.63, 3.8) is 0 Å². The van der Waals surface area contributed by atoms with Crippen LogP contribution in [0.15, 0.2) is 47.4 Å². The van der Waals surface area contributed by atoms with Crippen LogP contribution in [0.3, 0.4) is 0 Å². The van der Waals surface area contributed by atoms with Gasteiger partial charge in [-0.05, 0) is 36.4 Å². The highest BCUT2D eigenvalue weighted by Crippen LogP contribution is 2.33. The van der Waals surface area contributed by atoms with Gasteiger partial charge in [-0.15, -0.1) is 0 Å². The summed E-state index contributed by atoms with van der Waals surface area (Å²) in [5.74, 6) is -1.18. The molecule has 0 atom stereocenters. The van der Waals surface area contributed by atoms with E-state index >= 15 is 0 Å². The first kappa shape index (κ1) is 20.3. The molecule has 26 heavy (non-hydrogen) atoms. The molecule has 1 amide bonds. The Labute approximate surface area is 156 Å². The Morgan fingerprint density at radius 3 is 2.27 bits per heavy atom. The predicted octanol–water partition coefficient (Wildman–Crippen LogP) is 4.05. The highest BCUT2D eigenvalue weighted by molar-refractivity contribution is 7.87. The highest BCUT2D eigenvalue weighted by atomic mass is 35.5. The number of nitrogens with one attached hydrogen (secondary N) is 1. The van der Waals surface area contributed by atoms with Crippen molar-refractivity contribution < 1.29 is 30.6 Å². The fourth-order valence-electron chi connectivity index (χ4n) is 1.77. The first-order chi connectivity index (χ1) is 12.0. The van der Waals surface area contributed by atoms with E-state index in [2.05, 4.69) is 0 Å². The second kappa shape index (κ2) is 7.73. The van der Waals surface area contributed by atoms with E-state index in [0.29, 0.717) is 0 Å². The van der Waals surface area contributed by atoms with Crippen molar-refractivity contribution >= 4 is 39.2 Å². The second-order valence-electron chi connectivity index (χ2n) is 4.91. The van der Waals surface area contributed by atoms with Crippen LogP contribution in [0.1, 0.15) is 10.4 Å². The van der Waals surface area contributed by atoms with Crippen LogP contribution in [0.2, 0.25) is 10.0 Å². The van der Waals surface area contributed by atoms with Crippen LogP contribution in [-0.4, -0.2) is 27.0 Å². The minimum atomic E-state index is -4.55. The van der Waals surface area contributed by atoms with Crippen molar-refractivity contribution in [3.05, 3.63) is 58.1 Å². The zero-order valence-electron chi connectivity index (χ0n) is 12.7. The number of carbonyl (C=O) groups is 1. The Hall–Kier alpha value is -1.97. The normalized spacial score (nSPS) is 11.9. The molecular weight excluding hydrogens is 418 g/mol. The predicted molar refractivity (Wildman–Crippen MR) is 89.1 cm³/mol. The molecule has 140 valence electrons. The molecule has 0 aliphatic rings. The van der Waals surface area contributed by atoms with Gasteiger partial charge < -0.3 is 9.50 Å². The average molecular weight is 428 g/mol. The van der Waals surface area contributed by atoms with Crippen LogP contribution in [-0.2, 0) is 10.1 Å². The van der Waals surface area contributed by atoms with E-state index in [9.17, 15) is 26.4 Å². The van der Waals surface area contributed by atoms with Gasteiger partial charge in [-0.2, -0.15) is 21.6 Å². The summed E-state index contributed by atoms with van der Waals surface area (Å²) in [6.07, 6.45) is -4.55. The maximum atomic E-state index is 12.2. The average Bonchev–Trinajstić information content (AvgIpc) is 2.56. The smallest absolute Gasteiger partial charge is 0.377 e. The highest BCUT2D eigenvalue weighted by Gasteiger charge is 2.28. The van der Waals surface area contributed by atoms with Crippen LogP contribution in [0.4, 0.5) is 13.2 Å². The van der Waals surface area contributed by atoms with Crippen molar-refractivity contribution in [2.45, 2.75) is 11.1 Å². The standard InChI is InChI=1S/C15H10Cl2F3NO4S/c16-11-2-1-3-12(13(11)17)25-26(23,24)10-6-4-9(5-7-10)14(22)21-8-15(18,19)20/h1-7H,8H2,(H,21,22). The number of alkyl halides is 3. The van der Waals surface area contributed by atoms with Gasteiger partial charge >= 0.3 is 16.3 Å². The summed E-state index contributed by atoms with van der Waals surface area (Å²) in [6, 6.07) is 8.34. The third-order valence-corrected chi connectivity index (χ3v) is 5.02. The van der Waals surface area contributed by atoms with Crippen LogP contribution in [0, 0.1) is 0 Å². The quantitative estimate of drug-likeness (QED) is 0.730. The number of carbonyl (C=O) groups excluding carboxylic acids is 1. The summed E-state index contributed by atoms with van der Waals surface area (Å²) >= 11 is 11.6. The van der Waals surface area contributed by atoms with Crippen LogP contribution >= 0.6 is 23.2 Å². The number of halogens is 5. The van der Waals surface area contributed by atoms with Gasteiger partial charge in [0.25, 0.3) is 5.91 Å². The molecule has 0 heterocycles. The molecule has 0 aliphatic heterocycles. The van der Waals surface area contributed by atoms with Crippen molar-refractivity contribution in [2.75, 3.05) is 6.54 Å². The maximum absolute atomic E-state index is 12.2. The van der Waals surface area contributed by atoms with E-state index in [-0.39, 0.29) is 26.3 Å². The van der Waals surface area contributed by atoms with E-state index in [0.717, 1.165) is 24.3 Å². The van der Waals surface area contributed by atoms with E-state index in [1.165, 1.54) is 18.2 Å². The van der Waals surface area contributed by atoms with Gasteiger partial charge in [-0.3, -0.25) is 4.79 Å². The Balaban J connectivity index is 2.16. The van der Waals surface area contributed by atoms with E-state index in [1.807, 2.05) is 0 Å². The van der Waals surface area contributed by atoms with Crippen molar-refractivity contribution in [1.82, 2.24) is 5.32 Å². The summed E-state index contributed by atoms with van der Waals surface area (Å²) in [6.45, 7) is -1.50. The largest absolute Gasteiger partial charge is 0.405 e. The molecular formula is C15H10Cl2F3NO4S. The van der Waals surface area contributed by atoms with Crippen LogP contribution in [0.5, 0.6) is 5.75 Å². The van der Waals surface area contributed by atoms with E-state index < -0.39 is 28.7 Å². The number of benzene rings is 2. The number of rotatable bonds is 5. The lowest BCUT2D eigenvalue weighted by Gasteiger charge is -2.10. The molecule has 0 aromatic heterocycles. The van der Waals surface area contributed by atoms with Crippen molar-refractivity contribution in [3.8, 4) is 5.75 Å². The van der Waals surface area contributed by atoms with Gasteiger partial charge in [0, 0.05) is 5.56 Å². The van der Waals surface area contributed by atoms with E-state index in [1.54, 1.807) is 5.32 Å². The van der Waals surface area contributed by atoms with Crippen molar-refractivity contribution in [2.24, 2.45) is 0 Å². The first-order valence-electron chi connectivity index (χ1n) is 6.83. The lowest BCUT2D eigenvalue weighted by molar-refractivity contribution is -0.123. The Morgan fingerprint density at radius 2 is 1.69 bits per heavy atom. The number of amides is 1. The molecule has 5 nitrogen and oxygen atoms in total. The SMILES string of the molecule is O=C(NCC(F)(F)F)c1ccc(S(=O)(=O)Oc2cccc(Cl)c2Cl)cc1. The molecule has 2 rings (SSSR count). The van der Waals surface area contributed by atoms with Gasteiger partial charge in [0.1, 0.15) is 16.5 Å². The van der Waals surface area contributed by atoms with Gasteiger partial charge in [0.05, 0.1) is 5.02 Å². The minimum absolute atomic E-state index is 0.0936. The molecule has 0 radical (unpaired) electrons. The Bertz CT molecular complexity index is 915. The van der Waals surface area contributed by atoms with Crippen LogP contribution in [0.25, 0.3) is 0 Å². The van der Waals surface area contributed by atoms with Gasteiger partial charge in [-0.25, -0.2) is 0 Å². The summed E-state index contributed by atoms with van der Waals surface area (Å²) in [5, 5.41) is 1.67. The molecule has 11 heteroatoms. The van der Waals surface area contributed by atoms with E-state index in [4.69, 9.17) is 27.4 Å². The molecule has 2 aromatic carbocycles. The second-order valence-corrected chi connectivity index (χ2v) is 7.24. The Morgan fingerprint density at radius 1 is 1.08 bits per heavy atom. The lowest BCUT2D eigenvalue weighted by atomic mass is 10.2. The lowest BCUT2D eigenvalue weighted by Crippen LogP contribution is -2.33. The third kappa shape index (κ3) is 5.26. The van der Waals surface area contributed by atoms with Gasteiger partial charge in [0.2, 0.25) is 0 Å². The molecule has 0 aliphatic carbocycles. The molecule has 1 N–H and O–H groups in total. The zero-order chi connectivity index (χ0) is 19.5. The monoisotopic (exact) mass is 427 g/mol. The van der Waals surface area contributed by atoms with Crippen LogP contribution < -0.4 is 9.50 Å². The summed E-state index contributed by atoms with van der Waals surface area (Å²) in [5.41, 5.74) is -0.144. The first-order valence-corrected chi connectivity index (χ1v) is 8.99. The third-order valence-electron chi connectivity index (χ3n) is 2.97. The molecule has 0 unspecified atom stereocenters. The molecule has 0 saturated heterocycles. The number of hydrogen-bond acceptors (Lipinski definition) is 4. The molecule has 0 fully saturated rings. The fourth-order valence-corrected chi connectivity index (χ4v) is 3.09. The molecule has 2 aromatic rings. The van der Waals surface area contributed by atoms with Gasteiger partial charge in [-0.1, -0.05) is 29.3 Å². The molecule has 0 saturated carbocycles. The Kier molecular flexibility index (Phi) is 6.05. The van der Waals surface area contributed by atoms with Crippen molar-refractivity contribution in [1.29, 1.82) is 0 Å². The molecule has 0 bridgehead atoms. The minimum Gasteiger partial charge on any atom is -0.377 e. The molecule has 0 spiro atoms. The summed E-state index contributed by atoms with van der Waals surface area (Å²) in [4.78, 5) is 11.3.